The SMILES string of the molecule is CC\C=C/C=C/C=C/C=C\C=C\C=C\CCCCCC(=O)OC(CCCC/C=C\C/C=C\C/C=C\CCCCC)CC(=O)NC(CO)C(O)CCCCCCCCCCCCCCC. The Morgan fingerprint density at radius 1 is 0.484 bits per heavy atom. The molecule has 364 valence electrons. The standard InChI is InChI=1S/C58H97NO5/c1-4-7-10-13-16-19-22-25-27-28-30-33-36-39-42-45-48-51-58(63)64-54(49-46-43-40-37-34-32-29-26-23-20-17-14-11-8-5-2)52-57(62)59-55(53-60)56(61)50-47-44-41-38-35-31-24-21-18-15-12-9-6-3/h7,10,13,16-17,19-20,22,25-30,33-34,36-37,54-56,60-61H,4-6,8-9,11-12,14-15,18,21,23-24,31-32,35,38-53H2,1-3H3,(H,59,62)/b10-7-,16-13+,20-17-,22-19+,27-25-,29-26-,30-28+,36-33+,37-34-. The molecular formula is C58H97NO5. The monoisotopic (exact) mass is 888 g/mol. The van der Waals surface area contributed by atoms with Gasteiger partial charge in [-0.15, -0.1) is 0 Å². The van der Waals surface area contributed by atoms with Crippen LogP contribution >= 0.6 is 0 Å². The third kappa shape index (κ3) is 45.1. The summed E-state index contributed by atoms with van der Waals surface area (Å²) < 4.78 is 5.90. The Labute approximate surface area is 394 Å². The maximum atomic E-state index is 13.2. The lowest BCUT2D eigenvalue weighted by Gasteiger charge is -2.24. The molecule has 0 rings (SSSR count). The maximum Gasteiger partial charge on any atom is 0.306 e. The lowest BCUT2D eigenvalue weighted by Crippen LogP contribution is -2.46. The van der Waals surface area contributed by atoms with Crippen LogP contribution in [0.25, 0.3) is 0 Å². The van der Waals surface area contributed by atoms with E-state index in [4.69, 9.17) is 4.74 Å². The number of carbonyl (C=O) groups is 2. The van der Waals surface area contributed by atoms with Gasteiger partial charge in [-0.25, -0.2) is 0 Å². The molecule has 0 fully saturated rings. The molecule has 3 N–H and O–H groups in total. The number of unbranched alkanes of at least 4 members (excludes halogenated alkanes) is 20. The Balaban J connectivity index is 4.77. The predicted octanol–water partition coefficient (Wildman–Crippen LogP) is 15.9. The first-order valence-corrected chi connectivity index (χ1v) is 26.2. The van der Waals surface area contributed by atoms with Crippen molar-refractivity contribution >= 4 is 11.9 Å². The van der Waals surface area contributed by atoms with E-state index in [1.165, 1.54) is 89.9 Å². The number of aliphatic hydroxyl groups is 2. The average Bonchev–Trinajstić information content (AvgIpc) is 3.29. The summed E-state index contributed by atoms with van der Waals surface area (Å²) in [5, 5.41) is 23.8. The summed E-state index contributed by atoms with van der Waals surface area (Å²) in [7, 11) is 0. The Morgan fingerprint density at radius 2 is 0.906 bits per heavy atom. The number of nitrogens with one attached hydrogen (secondary N) is 1. The smallest absolute Gasteiger partial charge is 0.306 e. The Kier molecular flexibility index (Phi) is 47.8. The van der Waals surface area contributed by atoms with Gasteiger partial charge in [-0.1, -0.05) is 233 Å². The fraction of sp³-hybridized carbons (Fsp3) is 0.655. The highest BCUT2D eigenvalue weighted by molar-refractivity contribution is 5.77. The number of carbonyl (C=O) groups excluding carboxylic acids is 2. The summed E-state index contributed by atoms with van der Waals surface area (Å²) >= 11 is 0. The van der Waals surface area contributed by atoms with Gasteiger partial charge in [0.25, 0.3) is 0 Å². The molecule has 0 aromatic rings. The van der Waals surface area contributed by atoms with Crippen molar-refractivity contribution in [3.8, 4) is 0 Å². The van der Waals surface area contributed by atoms with E-state index in [9.17, 15) is 19.8 Å². The zero-order chi connectivity index (χ0) is 46.7. The second-order valence-corrected chi connectivity index (χ2v) is 17.3. The number of hydrogen-bond acceptors (Lipinski definition) is 5. The van der Waals surface area contributed by atoms with Crippen molar-refractivity contribution in [3.63, 3.8) is 0 Å². The molecule has 64 heavy (non-hydrogen) atoms. The minimum Gasteiger partial charge on any atom is -0.462 e. The van der Waals surface area contributed by atoms with E-state index < -0.39 is 18.2 Å². The third-order valence-corrected chi connectivity index (χ3v) is 11.2. The molecule has 0 aromatic carbocycles. The van der Waals surface area contributed by atoms with Crippen LogP contribution in [0.1, 0.15) is 220 Å². The maximum absolute atomic E-state index is 13.2. The number of hydrogen-bond donors (Lipinski definition) is 3. The van der Waals surface area contributed by atoms with E-state index in [0.29, 0.717) is 19.3 Å². The van der Waals surface area contributed by atoms with Crippen molar-refractivity contribution in [1.29, 1.82) is 0 Å². The number of esters is 1. The molecule has 3 unspecified atom stereocenters. The molecule has 0 aliphatic heterocycles. The van der Waals surface area contributed by atoms with E-state index in [1.807, 2.05) is 54.7 Å². The Hall–Kier alpha value is -3.48. The largest absolute Gasteiger partial charge is 0.462 e. The lowest BCUT2D eigenvalue weighted by atomic mass is 10.0. The van der Waals surface area contributed by atoms with Gasteiger partial charge in [0, 0.05) is 6.42 Å². The zero-order valence-electron chi connectivity index (χ0n) is 41.4. The third-order valence-electron chi connectivity index (χ3n) is 11.2. The van der Waals surface area contributed by atoms with Crippen LogP contribution in [-0.4, -0.2) is 46.9 Å². The normalized spacial score (nSPS) is 14.1. The first kappa shape index (κ1) is 60.5. The van der Waals surface area contributed by atoms with Crippen LogP contribution in [0, 0.1) is 0 Å². The number of rotatable bonds is 45. The van der Waals surface area contributed by atoms with Crippen molar-refractivity contribution in [2.75, 3.05) is 6.61 Å². The van der Waals surface area contributed by atoms with Gasteiger partial charge in [-0.05, 0) is 83.5 Å². The molecule has 0 radical (unpaired) electrons. The molecule has 0 aliphatic rings. The van der Waals surface area contributed by atoms with Crippen LogP contribution in [-0.2, 0) is 14.3 Å². The van der Waals surface area contributed by atoms with Gasteiger partial charge in [0.2, 0.25) is 5.91 Å². The van der Waals surface area contributed by atoms with Gasteiger partial charge in [-0.3, -0.25) is 9.59 Å². The highest BCUT2D eigenvalue weighted by atomic mass is 16.5. The molecule has 0 saturated carbocycles. The fourth-order valence-electron chi connectivity index (χ4n) is 7.29. The van der Waals surface area contributed by atoms with Crippen LogP contribution in [0.5, 0.6) is 0 Å². The lowest BCUT2D eigenvalue weighted by molar-refractivity contribution is -0.151. The Bertz CT molecular complexity index is 1320. The summed E-state index contributed by atoms with van der Waals surface area (Å²) in [4.78, 5) is 26.2. The molecule has 6 heteroatoms. The van der Waals surface area contributed by atoms with Crippen LogP contribution in [0.3, 0.4) is 0 Å². The van der Waals surface area contributed by atoms with Crippen molar-refractivity contribution < 1.29 is 24.5 Å². The summed E-state index contributed by atoms with van der Waals surface area (Å²) in [6.45, 7) is 6.28. The number of aliphatic hydroxyl groups excluding tert-OH is 2. The van der Waals surface area contributed by atoms with Gasteiger partial charge in [0.05, 0.1) is 25.2 Å². The molecule has 6 nitrogen and oxygen atoms in total. The van der Waals surface area contributed by atoms with E-state index >= 15 is 0 Å². The van der Waals surface area contributed by atoms with E-state index in [0.717, 1.165) is 83.5 Å². The van der Waals surface area contributed by atoms with Crippen LogP contribution in [0.4, 0.5) is 0 Å². The highest BCUT2D eigenvalue weighted by Gasteiger charge is 2.24. The molecule has 1 amide bonds. The van der Waals surface area contributed by atoms with Crippen LogP contribution in [0.2, 0.25) is 0 Å². The summed E-state index contributed by atoms with van der Waals surface area (Å²) in [5.74, 6) is -0.571. The minimum absolute atomic E-state index is 0.0267. The average molecular weight is 888 g/mol. The Morgan fingerprint density at radius 3 is 1.45 bits per heavy atom. The highest BCUT2D eigenvalue weighted by Crippen LogP contribution is 2.17. The number of allylic oxidation sites excluding steroid dienone is 18. The topological polar surface area (TPSA) is 95.9 Å². The van der Waals surface area contributed by atoms with E-state index in [2.05, 4.69) is 80.8 Å². The molecule has 0 spiro atoms. The molecular weight excluding hydrogens is 791 g/mol. The fourth-order valence-corrected chi connectivity index (χ4v) is 7.29. The van der Waals surface area contributed by atoms with Crippen LogP contribution in [0.15, 0.2) is 109 Å². The number of amides is 1. The summed E-state index contributed by atoms with van der Waals surface area (Å²) in [6.07, 6.45) is 68.5. The van der Waals surface area contributed by atoms with E-state index in [-0.39, 0.29) is 24.9 Å². The van der Waals surface area contributed by atoms with Gasteiger partial charge in [-0.2, -0.15) is 0 Å². The van der Waals surface area contributed by atoms with Crippen molar-refractivity contribution in [2.45, 2.75) is 238 Å². The van der Waals surface area contributed by atoms with Gasteiger partial charge in [0.1, 0.15) is 6.10 Å². The van der Waals surface area contributed by atoms with Crippen LogP contribution < -0.4 is 5.32 Å². The first-order chi connectivity index (χ1) is 31.5. The second-order valence-electron chi connectivity index (χ2n) is 17.3. The molecule has 3 atom stereocenters. The van der Waals surface area contributed by atoms with Gasteiger partial charge >= 0.3 is 5.97 Å². The summed E-state index contributed by atoms with van der Waals surface area (Å²) in [5.41, 5.74) is 0. The van der Waals surface area contributed by atoms with Gasteiger partial charge < -0.3 is 20.3 Å². The first-order valence-electron chi connectivity index (χ1n) is 26.2. The summed E-state index contributed by atoms with van der Waals surface area (Å²) in [6, 6.07) is -0.731. The van der Waals surface area contributed by atoms with Gasteiger partial charge in [0.15, 0.2) is 0 Å². The quantitative estimate of drug-likeness (QED) is 0.0245. The van der Waals surface area contributed by atoms with Crippen molar-refractivity contribution in [2.24, 2.45) is 0 Å². The molecule has 0 aromatic heterocycles. The van der Waals surface area contributed by atoms with Crippen molar-refractivity contribution in [1.82, 2.24) is 5.32 Å². The number of ether oxygens (including phenoxy) is 1. The molecule has 0 bridgehead atoms. The predicted molar refractivity (Wildman–Crippen MR) is 277 cm³/mol. The zero-order valence-corrected chi connectivity index (χ0v) is 41.4. The second kappa shape index (κ2) is 50.5. The van der Waals surface area contributed by atoms with E-state index in [1.54, 1.807) is 0 Å². The molecule has 0 heterocycles. The van der Waals surface area contributed by atoms with Crippen molar-refractivity contribution in [3.05, 3.63) is 109 Å². The minimum atomic E-state index is -0.813. The molecule has 0 aliphatic carbocycles. The molecule has 0 saturated heterocycles.